The van der Waals surface area contributed by atoms with Gasteiger partial charge in [0.25, 0.3) is 0 Å². The lowest BCUT2D eigenvalue weighted by Gasteiger charge is -2.28. The number of nitrogens with zero attached hydrogens (tertiary/aromatic N) is 1. The predicted octanol–water partition coefficient (Wildman–Crippen LogP) is 2.16. The average molecular weight is 267 g/mol. The normalized spacial score (nSPS) is 11.9. The van der Waals surface area contributed by atoms with E-state index in [4.69, 9.17) is 0 Å². The Bertz CT molecular complexity index is 448. The quantitative estimate of drug-likeness (QED) is 0.888. The number of hydrogen-bond acceptors (Lipinski definition) is 3. The van der Waals surface area contributed by atoms with Crippen LogP contribution >= 0.6 is 11.8 Å². The number of carboxylic acid groups (broad SMARTS) is 1. The first-order valence-corrected chi connectivity index (χ1v) is 6.95. The predicted molar refractivity (Wildman–Crippen MR) is 74.1 cm³/mol. The molecule has 1 aromatic carbocycles. The standard InChI is InChI=1S/C13H17NO3S/c1-9-6-4-5-7-11(9)14(10(2)15)12(8-18-3)13(16)17/h4-7,12H,8H2,1-3H3,(H,16,17)/t12-/m0/s1. The zero-order chi connectivity index (χ0) is 13.7. The largest absolute Gasteiger partial charge is 0.480 e. The smallest absolute Gasteiger partial charge is 0.327 e. The second kappa shape index (κ2) is 6.44. The fourth-order valence-electron chi connectivity index (χ4n) is 1.80. The third-order valence-corrected chi connectivity index (χ3v) is 3.28. The van der Waals surface area contributed by atoms with Gasteiger partial charge >= 0.3 is 5.97 Å². The first kappa shape index (κ1) is 14.6. The minimum Gasteiger partial charge on any atom is -0.480 e. The number of aliphatic carboxylic acids is 1. The monoisotopic (exact) mass is 267 g/mol. The van der Waals surface area contributed by atoms with Crippen molar-refractivity contribution in [1.82, 2.24) is 0 Å². The third kappa shape index (κ3) is 3.26. The van der Waals surface area contributed by atoms with Gasteiger partial charge in [-0.1, -0.05) is 18.2 Å². The van der Waals surface area contributed by atoms with Crippen LogP contribution in [0.3, 0.4) is 0 Å². The minimum atomic E-state index is -0.984. The van der Waals surface area contributed by atoms with Crippen molar-refractivity contribution in [2.75, 3.05) is 16.9 Å². The fraction of sp³-hybridized carbons (Fsp3) is 0.385. The molecule has 0 heterocycles. The zero-order valence-electron chi connectivity index (χ0n) is 10.7. The maximum absolute atomic E-state index is 11.8. The number of anilines is 1. The van der Waals surface area contributed by atoms with Gasteiger partial charge in [0.15, 0.2) is 0 Å². The number of carbonyl (C=O) groups excluding carboxylic acids is 1. The highest BCUT2D eigenvalue weighted by molar-refractivity contribution is 7.98. The van der Waals surface area contributed by atoms with Crippen molar-refractivity contribution in [1.29, 1.82) is 0 Å². The SMILES string of the molecule is CSC[C@@H](C(=O)O)N(C(C)=O)c1ccccc1C. The summed E-state index contributed by atoms with van der Waals surface area (Å²) in [5.74, 6) is -0.878. The molecule has 0 saturated carbocycles. The van der Waals surface area contributed by atoms with Crippen LogP contribution < -0.4 is 4.90 Å². The Morgan fingerprint density at radius 1 is 1.39 bits per heavy atom. The molecule has 0 aliphatic carbocycles. The minimum absolute atomic E-state index is 0.259. The number of aryl methyl sites for hydroxylation is 1. The van der Waals surface area contributed by atoms with E-state index in [1.807, 2.05) is 25.3 Å². The summed E-state index contributed by atoms with van der Waals surface area (Å²) in [5.41, 5.74) is 1.55. The van der Waals surface area contributed by atoms with Crippen LogP contribution in [0.4, 0.5) is 5.69 Å². The molecular formula is C13H17NO3S. The van der Waals surface area contributed by atoms with E-state index in [1.54, 1.807) is 12.1 Å². The van der Waals surface area contributed by atoms with Crippen LogP contribution in [-0.4, -0.2) is 35.0 Å². The van der Waals surface area contributed by atoms with Crippen molar-refractivity contribution >= 4 is 29.3 Å². The number of para-hydroxylation sites is 1. The maximum atomic E-state index is 11.8. The molecule has 1 N–H and O–H groups in total. The first-order valence-electron chi connectivity index (χ1n) is 5.56. The van der Waals surface area contributed by atoms with Crippen LogP contribution in [-0.2, 0) is 9.59 Å². The average Bonchev–Trinajstić information content (AvgIpc) is 2.30. The van der Waals surface area contributed by atoms with E-state index in [0.717, 1.165) is 5.56 Å². The second-order valence-electron chi connectivity index (χ2n) is 3.98. The molecule has 0 saturated heterocycles. The van der Waals surface area contributed by atoms with Crippen LogP contribution in [0.2, 0.25) is 0 Å². The van der Waals surface area contributed by atoms with Crippen LogP contribution in [0.25, 0.3) is 0 Å². The molecule has 5 heteroatoms. The number of amides is 1. The van der Waals surface area contributed by atoms with Crippen LogP contribution in [0.1, 0.15) is 12.5 Å². The van der Waals surface area contributed by atoms with Gasteiger partial charge in [-0.3, -0.25) is 9.69 Å². The van der Waals surface area contributed by atoms with Gasteiger partial charge in [-0.05, 0) is 24.8 Å². The maximum Gasteiger partial charge on any atom is 0.327 e. The van der Waals surface area contributed by atoms with Gasteiger partial charge in [-0.25, -0.2) is 4.79 Å². The van der Waals surface area contributed by atoms with Gasteiger partial charge < -0.3 is 5.11 Å². The van der Waals surface area contributed by atoms with Crippen molar-refractivity contribution in [3.8, 4) is 0 Å². The summed E-state index contributed by atoms with van der Waals surface area (Å²) >= 11 is 1.41. The molecule has 98 valence electrons. The molecule has 1 atom stereocenters. The number of carbonyl (C=O) groups is 2. The molecule has 1 amide bonds. The topological polar surface area (TPSA) is 57.6 Å². The lowest BCUT2D eigenvalue weighted by Crippen LogP contribution is -2.46. The van der Waals surface area contributed by atoms with Gasteiger partial charge in [0.2, 0.25) is 5.91 Å². The second-order valence-corrected chi connectivity index (χ2v) is 4.90. The summed E-state index contributed by atoms with van der Waals surface area (Å²) in [7, 11) is 0. The highest BCUT2D eigenvalue weighted by Crippen LogP contribution is 2.23. The summed E-state index contributed by atoms with van der Waals surface area (Å²) in [4.78, 5) is 24.4. The molecule has 0 bridgehead atoms. The Kier molecular flexibility index (Phi) is 5.22. The number of rotatable bonds is 5. The summed E-state index contributed by atoms with van der Waals surface area (Å²) < 4.78 is 0. The van der Waals surface area contributed by atoms with Crippen LogP contribution in [0, 0.1) is 6.92 Å². The molecule has 18 heavy (non-hydrogen) atoms. The number of carboxylic acids is 1. The number of thioether (sulfide) groups is 1. The lowest BCUT2D eigenvalue weighted by atomic mass is 10.1. The first-order chi connectivity index (χ1) is 8.49. The Morgan fingerprint density at radius 2 is 2.00 bits per heavy atom. The van der Waals surface area contributed by atoms with Crippen LogP contribution in [0.15, 0.2) is 24.3 Å². The zero-order valence-corrected chi connectivity index (χ0v) is 11.5. The number of hydrogen-bond donors (Lipinski definition) is 1. The van der Waals surface area contributed by atoms with E-state index < -0.39 is 12.0 Å². The Hall–Kier alpha value is -1.49. The lowest BCUT2D eigenvalue weighted by molar-refractivity contribution is -0.139. The highest BCUT2D eigenvalue weighted by Gasteiger charge is 2.29. The van der Waals surface area contributed by atoms with E-state index in [9.17, 15) is 14.7 Å². The molecule has 4 nitrogen and oxygen atoms in total. The van der Waals surface area contributed by atoms with Crippen molar-refractivity contribution in [2.24, 2.45) is 0 Å². The van der Waals surface area contributed by atoms with Gasteiger partial charge in [-0.2, -0.15) is 11.8 Å². The van der Waals surface area contributed by atoms with Crippen molar-refractivity contribution in [3.63, 3.8) is 0 Å². The summed E-state index contributed by atoms with van der Waals surface area (Å²) in [5, 5.41) is 9.27. The Balaban J connectivity index is 3.20. The van der Waals surface area contributed by atoms with Gasteiger partial charge in [0.05, 0.1) is 0 Å². The fourth-order valence-corrected chi connectivity index (χ4v) is 2.41. The van der Waals surface area contributed by atoms with Crippen molar-refractivity contribution in [3.05, 3.63) is 29.8 Å². The van der Waals surface area contributed by atoms with E-state index in [2.05, 4.69) is 0 Å². The highest BCUT2D eigenvalue weighted by atomic mass is 32.2. The molecule has 0 radical (unpaired) electrons. The van der Waals surface area contributed by atoms with Gasteiger partial charge in [0, 0.05) is 18.4 Å². The summed E-state index contributed by atoms with van der Waals surface area (Å²) in [6, 6.07) is 6.47. The van der Waals surface area contributed by atoms with E-state index in [-0.39, 0.29) is 5.91 Å². The van der Waals surface area contributed by atoms with E-state index in [0.29, 0.717) is 11.4 Å². The van der Waals surface area contributed by atoms with Crippen LogP contribution in [0.5, 0.6) is 0 Å². The van der Waals surface area contributed by atoms with Gasteiger partial charge in [-0.15, -0.1) is 0 Å². The van der Waals surface area contributed by atoms with Crippen molar-refractivity contribution < 1.29 is 14.7 Å². The van der Waals surface area contributed by atoms with E-state index in [1.165, 1.54) is 23.6 Å². The molecule has 0 aliphatic heterocycles. The molecule has 0 aromatic heterocycles. The molecule has 0 aliphatic rings. The molecule has 0 spiro atoms. The summed E-state index contributed by atoms with van der Waals surface area (Å²) in [6.45, 7) is 3.26. The molecule has 0 unspecified atom stereocenters. The van der Waals surface area contributed by atoms with Gasteiger partial charge in [0.1, 0.15) is 6.04 Å². The third-order valence-electron chi connectivity index (χ3n) is 2.64. The molecular weight excluding hydrogens is 250 g/mol. The molecule has 0 fully saturated rings. The Labute approximate surface area is 111 Å². The number of benzene rings is 1. The Morgan fingerprint density at radius 3 is 2.44 bits per heavy atom. The molecule has 1 aromatic rings. The van der Waals surface area contributed by atoms with E-state index >= 15 is 0 Å². The summed E-state index contributed by atoms with van der Waals surface area (Å²) in [6.07, 6.45) is 1.83. The van der Waals surface area contributed by atoms with Crippen molar-refractivity contribution in [2.45, 2.75) is 19.9 Å². The molecule has 1 rings (SSSR count).